The zero-order valence-electron chi connectivity index (χ0n) is 8.96. The Morgan fingerprint density at radius 1 is 1.17 bits per heavy atom. The Kier molecular flexibility index (Phi) is 3.25. The van der Waals surface area contributed by atoms with Crippen LogP contribution in [0.1, 0.15) is 18.0 Å². The van der Waals surface area contributed by atoms with E-state index in [4.69, 9.17) is 11.6 Å². The summed E-state index contributed by atoms with van der Waals surface area (Å²) in [5.74, 6) is -6.13. The van der Waals surface area contributed by atoms with Gasteiger partial charge in [0.2, 0.25) is 0 Å². The quantitative estimate of drug-likeness (QED) is 0.480. The van der Waals surface area contributed by atoms with Crippen molar-refractivity contribution < 1.29 is 17.6 Å². The van der Waals surface area contributed by atoms with Crippen LogP contribution >= 0.6 is 11.6 Å². The Bertz CT molecular complexity index is 571. The summed E-state index contributed by atoms with van der Waals surface area (Å²) < 4.78 is 53.5. The number of aromatic nitrogens is 3. The minimum Gasteiger partial charge on any atom is -0.214 e. The highest BCUT2D eigenvalue weighted by Gasteiger charge is 2.22. The summed E-state index contributed by atoms with van der Waals surface area (Å²) in [5, 5.41) is 6.36. The van der Waals surface area contributed by atoms with E-state index in [9.17, 15) is 17.6 Å². The Hall–Kier alpha value is -1.63. The zero-order valence-corrected chi connectivity index (χ0v) is 9.72. The minimum absolute atomic E-state index is 0.121. The Morgan fingerprint density at radius 2 is 1.72 bits per heavy atom. The second kappa shape index (κ2) is 4.56. The molecule has 8 heteroatoms. The highest BCUT2D eigenvalue weighted by atomic mass is 35.5. The smallest absolute Gasteiger partial charge is 0.187 e. The molecule has 3 nitrogen and oxygen atoms in total. The normalized spacial score (nSPS) is 12.8. The summed E-state index contributed by atoms with van der Waals surface area (Å²) in [7, 11) is 0. The van der Waals surface area contributed by atoms with Gasteiger partial charge in [-0.15, -0.1) is 16.7 Å². The fourth-order valence-corrected chi connectivity index (χ4v) is 1.43. The van der Waals surface area contributed by atoms with E-state index in [1.54, 1.807) is 6.92 Å². The summed E-state index contributed by atoms with van der Waals surface area (Å²) >= 11 is 5.69. The van der Waals surface area contributed by atoms with E-state index in [0.29, 0.717) is 4.68 Å². The molecule has 0 fully saturated rings. The molecule has 0 spiro atoms. The maximum atomic E-state index is 13.4. The predicted molar refractivity (Wildman–Crippen MR) is 55.5 cm³/mol. The molecular formula is C10H6ClF4N3. The van der Waals surface area contributed by atoms with E-state index in [-0.39, 0.29) is 11.8 Å². The molecule has 0 N–H and O–H groups in total. The van der Waals surface area contributed by atoms with Gasteiger partial charge in [-0.05, 0) is 6.92 Å². The van der Waals surface area contributed by atoms with Crippen molar-refractivity contribution in [3.8, 4) is 5.69 Å². The van der Waals surface area contributed by atoms with Crippen LogP contribution in [0, 0.1) is 23.3 Å². The largest absolute Gasteiger partial charge is 0.214 e. The van der Waals surface area contributed by atoms with E-state index >= 15 is 0 Å². The molecule has 18 heavy (non-hydrogen) atoms. The van der Waals surface area contributed by atoms with Gasteiger partial charge in [-0.1, -0.05) is 5.21 Å². The first-order valence-electron chi connectivity index (χ1n) is 4.81. The van der Waals surface area contributed by atoms with Gasteiger partial charge in [0, 0.05) is 6.07 Å². The molecule has 0 saturated heterocycles. The lowest BCUT2D eigenvalue weighted by atomic mass is 10.2. The third kappa shape index (κ3) is 2.05. The number of hydrogen-bond donors (Lipinski definition) is 0. The van der Waals surface area contributed by atoms with Crippen molar-refractivity contribution in [2.45, 2.75) is 12.3 Å². The molecule has 1 heterocycles. The lowest BCUT2D eigenvalue weighted by molar-refractivity contribution is 0.443. The summed E-state index contributed by atoms with van der Waals surface area (Å²) in [4.78, 5) is 0. The first-order chi connectivity index (χ1) is 8.41. The van der Waals surface area contributed by atoms with E-state index < -0.39 is 34.3 Å². The first kappa shape index (κ1) is 12.8. The molecule has 1 atom stereocenters. The Labute approximate surface area is 104 Å². The summed E-state index contributed by atoms with van der Waals surface area (Å²) in [6.45, 7) is 1.56. The van der Waals surface area contributed by atoms with Crippen molar-refractivity contribution in [1.29, 1.82) is 0 Å². The molecule has 0 aliphatic heterocycles. The van der Waals surface area contributed by atoms with Crippen LogP contribution in [0.4, 0.5) is 17.6 Å². The highest BCUT2D eigenvalue weighted by molar-refractivity contribution is 6.20. The lowest BCUT2D eigenvalue weighted by Gasteiger charge is -2.05. The molecule has 0 saturated carbocycles. The number of rotatable bonds is 2. The second-order valence-corrected chi connectivity index (χ2v) is 4.18. The van der Waals surface area contributed by atoms with Gasteiger partial charge >= 0.3 is 0 Å². The molecule has 1 aromatic heterocycles. The first-order valence-corrected chi connectivity index (χ1v) is 5.25. The fourth-order valence-electron chi connectivity index (χ4n) is 1.33. The number of alkyl halides is 1. The van der Waals surface area contributed by atoms with Gasteiger partial charge in [0.05, 0.1) is 11.6 Å². The molecule has 96 valence electrons. The van der Waals surface area contributed by atoms with Gasteiger partial charge in [-0.2, -0.15) is 0 Å². The van der Waals surface area contributed by atoms with E-state index in [1.165, 1.54) is 0 Å². The lowest BCUT2D eigenvalue weighted by Crippen LogP contribution is -2.07. The minimum atomic E-state index is -1.55. The fraction of sp³-hybridized carbons (Fsp3) is 0.200. The molecule has 0 aliphatic carbocycles. The van der Waals surface area contributed by atoms with Crippen LogP contribution in [0.25, 0.3) is 5.69 Å². The molecule has 1 aromatic carbocycles. The van der Waals surface area contributed by atoms with Crippen LogP contribution in [0.15, 0.2) is 12.3 Å². The molecule has 2 rings (SSSR count). The number of hydrogen-bond acceptors (Lipinski definition) is 2. The third-order valence-electron chi connectivity index (χ3n) is 2.24. The maximum Gasteiger partial charge on any atom is 0.187 e. The second-order valence-electron chi connectivity index (χ2n) is 3.52. The average molecular weight is 280 g/mol. The van der Waals surface area contributed by atoms with Crippen LogP contribution in [0.2, 0.25) is 0 Å². The van der Waals surface area contributed by atoms with Crippen molar-refractivity contribution in [2.24, 2.45) is 0 Å². The SMILES string of the molecule is CC(Cl)c1cn(-c2c(F)c(F)cc(F)c2F)nn1. The standard InChI is InChI=1S/C10H6ClF4N3/c1-4(11)7-3-18(17-16-7)10-8(14)5(12)2-6(13)9(10)15/h2-4H,1H3. The van der Waals surface area contributed by atoms with Gasteiger partial charge in [-0.25, -0.2) is 22.2 Å². The Balaban J connectivity index is 2.62. The molecule has 2 aromatic rings. The zero-order chi connectivity index (χ0) is 13.4. The van der Waals surface area contributed by atoms with Crippen LogP contribution < -0.4 is 0 Å². The van der Waals surface area contributed by atoms with Gasteiger partial charge in [-0.3, -0.25) is 0 Å². The van der Waals surface area contributed by atoms with Crippen LogP contribution in [-0.4, -0.2) is 15.0 Å². The van der Waals surface area contributed by atoms with Gasteiger partial charge in [0.25, 0.3) is 0 Å². The molecule has 0 aliphatic rings. The summed E-state index contributed by atoms with van der Waals surface area (Å²) in [6.07, 6.45) is 1.10. The molecule has 0 bridgehead atoms. The topological polar surface area (TPSA) is 30.7 Å². The van der Waals surface area contributed by atoms with Crippen LogP contribution in [-0.2, 0) is 0 Å². The van der Waals surface area contributed by atoms with Gasteiger partial charge in [0.1, 0.15) is 11.4 Å². The Morgan fingerprint density at radius 3 is 2.17 bits per heavy atom. The number of benzene rings is 1. The summed E-state index contributed by atoms with van der Waals surface area (Å²) in [5.41, 5.74) is -0.747. The number of nitrogens with zero attached hydrogens (tertiary/aromatic N) is 3. The van der Waals surface area contributed by atoms with Crippen molar-refractivity contribution in [3.63, 3.8) is 0 Å². The van der Waals surface area contributed by atoms with Crippen LogP contribution in [0.3, 0.4) is 0 Å². The molecule has 1 unspecified atom stereocenters. The van der Waals surface area contributed by atoms with E-state index in [0.717, 1.165) is 6.20 Å². The van der Waals surface area contributed by atoms with Crippen LogP contribution in [0.5, 0.6) is 0 Å². The van der Waals surface area contributed by atoms with E-state index in [1.807, 2.05) is 0 Å². The monoisotopic (exact) mass is 279 g/mol. The summed E-state index contributed by atoms with van der Waals surface area (Å²) in [6, 6.07) is 0.121. The molecule has 0 amide bonds. The molecule has 0 radical (unpaired) electrons. The maximum absolute atomic E-state index is 13.4. The van der Waals surface area contributed by atoms with Crippen molar-refractivity contribution in [1.82, 2.24) is 15.0 Å². The number of halogens is 5. The van der Waals surface area contributed by atoms with Crippen molar-refractivity contribution in [3.05, 3.63) is 41.2 Å². The van der Waals surface area contributed by atoms with Crippen molar-refractivity contribution in [2.75, 3.05) is 0 Å². The molecular weight excluding hydrogens is 274 g/mol. The highest BCUT2D eigenvalue weighted by Crippen LogP contribution is 2.24. The van der Waals surface area contributed by atoms with Gasteiger partial charge < -0.3 is 0 Å². The van der Waals surface area contributed by atoms with E-state index in [2.05, 4.69) is 10.3 Å². The van der Waals surface area contributed by atoms with Gasteiger partial charge in [0.15, 0.2) is 23.3 Å². The third-order valence-corrected chi connectivity index (χ3v) is 2.46. The predicted octanol–water partition coefficient (Wildman–Crippen LogP) is 3.12. The van der Waals surface area contributed by atoms with Crippen molar-refractivity contribution >= 4 is 11.6 Å². The average Bonchev–Trinajstić information content (AvgIpc) is 2.76.